The van der Waals surface area contributed by atoms with E-state index in [4.69, 9.17) is 5.21 Å². The number of hydrogen-bond donors (Lipinski definition) is 3. The summed E-state index contributed by atoms with van der Waals surface area (Å²) >= 11 is 0. The third-order valence-electron chi connectivity index (χ3n) is 1.62. The third kappa shape index (κ3) is 1.50. The summed E-state index contributed by atoms with van der Waals surface area (Å²) in [6.07, 6.45) is 1.15. The number of hydrogen-bond acceptors (Lipinski definition) is 3. The van der Waals surface area contributed by atoms with E-state index < -0.39 is 0 Å². The number of benzene rings is 1. The van der Waals surface area contributed by atoms with Gasteiger partial charge in [0.15, 0.2) is 0 Å². The summed E-state index contributed by atoms with van der Waals surface area (Å²) in [6, 6.07) is 7.62. The van der Waals surface area contributed by atoms with Crippen molar-refractivity contribution in [2.75, 3.05) is 0 Å². The van der Waals surface area contributed by atoms with Crippen molar-refractivity contribution in [1.82, 2.24) is 15.4 Å². The molecule has 66 valence electrons. The first-order valence-electron chi connectivity index (χ1n) is 3.77. The van der Waals surface area contributed by atoms with Gasteiger partial charge in [-0.3, -0.25) is 10.7 Å². The molecule has 0 amide bonds. The molecule has 0 fully saturated rings. The number of imidazole rings is 1. The number of aliphatic imine (C=N–C) groups is 1. The largest absolute Gasteiger partial charge is 0.322 e. The molecule has 0 aliphatic rings. The van der Waals surface area contributed by atoms with Gasteiger partial charge in [-0.1, -0.05) is 12.1 Å². The molecule has 0 aliphatic heterocycles. The van der Waals surface area contributed by atoms with Gasteiger partial charge >= 0.3 is 0 Å². The van der Waals surface area contributed by atoms with E-state index >= 15 is 0 Å². The van der Waals surface area contributed by atoms with Gasteiger partial charge in [-0.25, -0.2) is 9.98 Å². The molecule has 2 rings (SSSR count). The van der Waals surface area contributed by atoms with Crippen LogP contribution in [0.2, 0.25) is 0 Å². The molecule has 0 atom stereocenters. The van der Waals surface area contributed by atoms with Crippen LogP contribution in [0.4, 0.5) is 5.95 Å². The molecule has 5 heteroatoms. The van der Waals surface area contributed by atoms with Crippen molar-refractivity contribution >= 4 is 23.3 Å². The van der Waals surface area contributed by atoms with Crippen molar-refractivity contribution < 1.29 is 5.21 Å². The monoisotopic (exact) mass is 176 g/mol. The number of H-pyrrole nitrogens is 1. The highest BCUT2D eigenvalue weighted by Crippen LogP contribution is 2.14. The van der Waals surface area contributed by atoms with Crippen LogP contribution in [0, 0.1) is 0 Å². The average molecular weight is 176 g/mol. The Kier molecular flexibility index (Phi) is 1.93. The average Bonchev–Trinajstić information content (AvgIpc) is 2.57. The van der Waals surface area contributed by atoms with E-state index in [9.17, 15) is 0 Å². The van der Waals surface area contributed by atoms with E-state index in [2.05, 4.69) is 15.0 Å². The first kappa shape index (κ1) is 7.75. The predicted octanol–water partition coefficient (Wildman–Crippen LogP) is 1.20. The number of fused-ring (bicyclic) bond motifs is 1. The molecular formula is C8H8N4O. The Bertz CT molecular complexity index is 401. The van der Waals surface area contributed by atoms with Crippen LogP contribution in [0.25, 0.3) is 11.0 Å². The molecule has 1 heterocycles. The predicted molar refractivity (Wildman–Crippen MR) is 49.2 cm³/mol. The summed E-state index contributed by atoms with van der Waals surface area (Å²) < 4.78 is 0. The molecule has 0 spiro atoms. The maximum Gasteiger partial charge on any atom is 0.229 e. The van der Waals surface area contributed by atoms with Crippen LogP contribution in [-0.4, -0.2) is 21.5 Å². The SMILES string of the molecule is ON/C=N/c1nc2ccccc2[nH]1. The van der Waals surface area contributed by atoms with Gasteiger partial charge in [-0.15, -0.1) is 0 Å². The minimum absolute atomic E-state index is 0.461. The van der Waals surface area contributed by atoms with E-state index in [1.807, 2.05) is 29.7 Å². The number of para-hydroxylation sites is 2. The lowest BCUT2D eigenvalue weighted by Crippen LogP contribution is -2.00. The summed E-state index contributed by atoms with van der Waals surface area (Å²) in [5, 5.41) is 8.26. The second-order valence-corrected chi connectivity index (χ2v) is 2.46. The van der Waals surface area contributed by atoms with Gasteiger partial charge in [0.05, 0.1) is 11.0 Å². The Hall–Kier alpha value is -1.88. The second-order valence-electron chi connectivity index (χ2n) is 2.46. The van der Waals surface area contributed by atoms with Crippen LogP contribution in [-0.2, 0) is 0 Å². The molecule has 0 unspecified atom stereocenters. The third-order valence-corrected chi connectivity index (χ3v) is 1.62. The molecular weight excluding hydrogens is 168 g/mol. The van der Waals surface area contributed by atoms with E-state index in [-0.39, 0.29) is 0 Å². The number of nitrogens with one attached hydrogen (secondary N) is 2. The zero-order valence-electron chi connectivity index (χ0n) is 6.73. The highest BCUT2D eigenvalue weighted by molar-refractivity contribution is 5.77. The molecule has 0 bridgehead atoms. The summed E-state index contributed by atoms with van der Waals surface area (Å²) in [5.41, 5.74) is 3.59. The molecule has 1 aromatic heterocycles. The van der Waals surface area contributed by atoms with Crippen LogP contribution in [0.1, 0.15) is 0 Å². The van der Waals surface area contributed by atoms with Gasteiger partial charge in [0.25, 0.3) is 0 Å². The number of rotatable bonds is 2. The summed E-state index contributed by atoms with van der Waals surface area (Å²) in [6.45, 7) is 0. The number of nitrogens with zero attached hydrogens (tertiary/aromatic N) is 2. The fourth-order valence-corrected chi connectivity index (χ4v) is 1.09. The molecule has 0 radical (unpaired) electrons. The Labute approximate surface area is 74.1 Å². The van der Waals surface area contributed by atoms with Crippen molar-refractivity contribution in [1.29, 1.82) is 0 Å². The van der Waals surface area contributed by atoms with Gasteiger partial charge in [-0.05, 0) is 12.1 Å². The van der Waals surface area contributed by atoms with Crippen LogP contribution < -0.4 is 5.48 Å². The van der Waals surface area contributed by atoms with Crippen LogP contribution >= 0.6 is 0 Å². The van der Waals surface area contributed by atoms with Crippen LogP contribution in [0.3, 0.4) is 0 Å². The van der Waals surface area contributed by atoms with Gasteiger partial charge in [0.2, 0.25) is 5.95 Å². The lowest BCUT2D eigenvalue weighted by Gasteiger charge is -1.82. The Morgan fingerprint density at radius 1 is 1.46 bits per heavy atom. The summed E-state index contributed by atoms with van der Waals surface area (Å²) in [7, 11) is 0. The molecule has 3 N–H and O–H groups in total. The van der Waals surface area contributed by atoms with Gasteiger partial charge < -0.3 is 4.98 Å². The van der Waals surface area contributed by atoms with Crippen LogP contribution in [0.15, 0.2) is 29.3 Å². The summed E-state index contributed by atoms with van der Waals surface area (Å²) in [4.78, 5) is 10.9. The highest BCUT2D eigenvalue weighted by atomic mass is 16.5. The van der Waals surface area contributed by atoms with E-state index in [1.54, 1.807) is 0 Å². The summed E-state index contributed by atoms with van der Waals surface area (Å²) in [5.74, 6) is 0.461. The zero-order valence-corrected chi connectivity index (χ0v) is 6.73. The van der Waals surface area contributed by atoms with E-state index in [0.717, 1.165) is 17.4 Å². The van der Waals surface area contributed by atoms with Crippen LogP contribution in [0.5, 0.6) is 0 Å². The smallest absolute Gasteiger partial charge is 0.229 e. The van der Waals surface area contributed by atoms with Gasteiger partial charge in [0.1, 0.15) is 6.34 Å². The van der Waals surface area contributed by atoms with Gasteiger partial charge in [0, 0.05) is 0 Å². The standard InChI is InChI=1S/C8H8N4O/c13-10-5-9-8-11-6-3-1-2-4-7(6)12-8/h1-5,13H,(H2,9,10,11,12). The van der Waals surface area contributed by atoms with E-state index in [0.29, 0.717) is 5.95 Å². The highest BCUT2D eigenvalue weighted by Gasteiger charge is 1.97. The molecule has 0 aliphatic carbocycles. The topological polar surface area (TPSA) is 73.3 Å². The lowest BCUT2D eigenvalue weighted by atomic mass is 10.3. The molecule has 1 aromatic carbocycles. The minimum Gasteiger partial charge on any atom is -0.322 e. The molecule has 2 aromatic rings. The Balaban J connectivity index is 2.44. The Morgan fingerprint density at radius 2 is 2.31 bits per heavy atom. The normalized spacial score (nSPS) is 11.2. The van der Waals surface area contributed by atoms with Gasteiger partial charge in [-0.2, -0.15) is 0 Å². The second kappa shape index (κ2) is 3.24. The zero-order chi connectivity index (χ0) is 9.10. The first-order valence-corrected chi connectivity index (χ1v) is 3.77. The minimum atomic E-state index is 0.461. The molecule has 13 heavy (non-hydrogen) atoms. The fourth-order valence-electron chi connectivity index (χ4n) is 1.09. The Morgan fingerprint density at radius 3 is 3.08 bits per heavy atom. The number of hydroxylamine groups is 1. The number of aromatic nitrogens is 2. The molecule has 0 saturated heterocycles. The van der Waals surface area contributed by atoms with Crippen molar-refractivity contribution in [2.45, 2.75) is 0 Å². The fraction of sp³-hybridized carbons (Fsp3) is 0. The lowest BCUT2D eigenvalue weighted by molar-refractivity contribution is 0.240. The van der Waals surface area contributed by atoms with Crippen molar-refractivity contribution in [3.05, 3.63) is 24.3 Å². The van der Waals surface area contributed by atoms with Crippen molar-refractivity contribution in [2.24, 2.45) is 4.99 Å². The molecule has 0 saturated carbocycles. The number of aromatic amines is 1. The maximum absolute atomic E-state index is 8.26. The quantitative estimate of drug-likeness (QED) is 0.365. The van der Waals surface area contributed by atoms with Crippen molar-refractivity contribution in [3.8, 4) is 0 Å². The first-order chi connectivity index (χ1) is 6.40. The van der Waals surface area contributed by atoms with Crippen molar-refractivity contribution in [3.63, 3.8) is 0 Å². The van der Waals surface area contributed by atoms with E-state index in [1.165, 1.54) is 0 Å². The maximum atomic E-state index is 8.26. The molecule has 5 nitrogen and oxygen atoms in total.